The summed E-state index contributed by atoms with van der Waals surface area (Å²) in [5.74, 6) is -0.0349. The van der Waals surface area contributed by atoms with Gasteiger partial charge in [0.15, 0.2) is 18.1 Å². The monoisotopic (exact) mass is 378 g/mol. The van der Waals surface area contributed by atoms with E-state index in [4.69, 9.17) is 14.2 Å². The summed E-state index contributed by atoms with van der Waals surface area (Å²) >= 11 is 0. The lowest BCUT2D eigenvalue weighted by molar-refractivity contribution is -0.385. The molecule has 0 aromatic heterocycles. The van der Waals surface area contributed by atoms with Crippen LogP contribution in [0.2, 0.25) is 0 Å². The van der Waals surface area contributed by atoms with E-state index in [1.807, 2.05) is 0 Å². The Balaban J connectivity index is 1.70. The molecule has 9 nitrogen and oxygen atoms in total. The number of esters is 1. The van der Waals surface area contributed by atoms with Gasteiger partial charge in [-0.15, -0.1) is 0 Å². The number of amides is 1. The second-order valence-electron chi connectivity index (χ2n) is 7.09. The predicted octanol–water partition coefficient (Wildman–Crippen LogP) is 2.03. The smallest absolute Gasteiger partial charge is 0.345 e. The van der Waals surface area contributed by atoms with Crippen LogP contribution in [-0.4, -0.2) is 54.6 Å². The number of carbonyl (C=O) groups is 2. The zero-order chi connectivity index (χ0) is 19.6. The molecule has 0 unspecified atom stereocenters. The Bertz CT molecular complexity index is 754. The first kappa shape index (κ1) is 18.9. The summed E-state index contributed by atoms with van der Waals surface area (Å²) in [4.78, 5) is 37.0. The number of likely N-dealkylation sites (tertiary alicyclic amines) is 1. The molecule has 2 atom stereocenters. The highest BCUT2D eigenvalue weighted by Gasteiger charge is 2.29. The van der Waals surface area contributed by atoms with Gasteiger partial charge >= 0.3 is 5.97 Å². The molecule has 3 rings (SSSR count). The van der Waals surface area contributed by atoms with Crippen molar-refractivity contribution >= 4 is 17.6 Å². The molecule has 0 radical (unpaired) electrons. The molecule has 0 bridgehead atoms. The third-order valence-corrected chi connectivity index (χ3v) is 4.63. The van der Waals surface area contributed by atoms with E-state index in [2.05, 4.69) is 13.8 Å². The van der Waals surface area contributed by atoms with Crippen LogP contribution >= 0.6 is 0 Å². The average molecular weight is 378 g/mol. The lowest BCUT2D eigenvalue weighted by Gasteiger charge is -2.34. The van der Waals surface area contributed by atoms with Crippen molar-refractivity contribution < 1.29 is 28.7 Å². The van der Waals surface area contributed by atoms with Gasteiger partial charge in [-0.25, -0.2) is 4.79 Å². The van der Waals surface area contributed by atoms with Crippen LogP contribution < -0.4 is 9.47 Å². The van der Waals surface area contributed by atoms with Gasteiger partial charge in [0.25, 0.3) is 11.6 Å². The van der Waals surface area contributed by atoms with Crippen LogP contribution in [0.1, 0.15) is 30.6 Å². The largest absolute Gasteiger partial charge is 0.486 e. The maximum atomic E-state index is 12.4. The minimum absolute atomic E-state index is 0.205. The first-order chi connectivity index (χ1) is 12.8. The molecule has 1 aromatic rings. The fraction of sp³-hybridized carbons (Fsp3) is 0.556. The molecule has 2 aliphatic rings. The van der Waals surface area contributed by atoms with E-state index in [9.17, 15) is 19.7 Å². The number of nitro benzene ring substituents is 1. The number of ether oxygens (including phenoxy) is 3. The number of hydrogen-bond acceptors (Lipinski definition) is 7. The van der Waals surface area contributed by atoms with Crippen molar-refractivity contribution in [3.8, 4) is 11.5 Å². The highest BCUT2D eigenvalue weighted by molar-refractivity contribution is 5.96. The van der Waals surface area contributed by atoms with Gasteiger partial charge in [0.1, 0.15) is 18.8 Å². The molecule has 0 N–H and O–H groups in total. The van der Waals surface area contributed by atoms with Crippen LogP contribution in [0.4, 0.5) is 5.69 Å². The van der Waals surface area contributed by atoms with Gasteiger partial charge in [0, 0.05) is 19.2 Å². The summed E-state index contributed by atoms with van der Waals surface area (Å²) in [5, 5.41) is 11.3. The predicted molar refractivity (Wildman–Crippen MR) is 93.9 cm³/mol. The molecule has 1 saturated heterocycles. The Labute approximate surface area is 156 Å². The van der Waals surface area contributed by atoms with Crippen molar-refractivity contribution in [2.75, 3.05) is 32.9 Å². The topological polar surface area (TPSA) is 108 Å². The van der Waals surface area contributed by atoms with Crippen molar-refractivity contribution in [2.45, 2.75) is 20.3 Å². The highest BCUT2D eigenvalue weighted by Crippen LogP contribution is 2.36. The summed E-state index contributed by atoms with van der Waals surface area (Å²) in [7, 11) is 0. The molecule has 27 heavy (non-hydrogen) atoms. The molecule has 2 heterocycles. The van der Waals surface area contributed by atoms with Crippen molar-refractivity contribution in [2.24, 2.45) is 11.8 Å². The highest BCUT2D eigenvalue weighted by atomic mass is 16.6. The average Bonchev–Trinajstić information content (AvgIpc) is 2.63. The quantitative estimate of drug-likeness (QED) is 0.448. The Morgan fingerprint density at radius 2 is 1.78 bits per heavy atom. The van der Waals surface area contributed by atoms with Crippen molar-refractivity contribution in [1.29, 1.82) is 0 Å². The van der Waals surface area contributed by atoms with Crippen LogP contribution in [0, 0.1) is 22.0 Å². The fourth-order valence-corrected chi connectivity index (χ4v) is 3.56. The molecule has 1 amide bonds. The summed E-state index contributed by atoms with van der Waals surface area (Å²) < 4.78 is 15.7. The molecule has 2 aliphatic heterocycles. The van der Waals surface area contributed by atoms with Gasteiger partial charge in [0.2, 0.25) is 0 Å². The summed E-state index contributed by atoms with van der Waals surface area (Å²) in [5.41, 5.74) is -0.714. The zero-order valence-corrected chi connectivity index (χ0v) is 15.3. The van der Waals surface area contributed by atoms with Crippen molar-refractivity contribution in [3.63, 3.8) is 0 Å². The number of carbonyl (C=O) groups excluding carboxylic acids is 2. The molecular weight excluding hydrogens is 356 g/mol. The van der Waals surface area contributed by atoms with Crippen LogP contribution in [0.25, 0.3) is 0 Å². The van der Waals surface area contributed by atoms with Gasteiger partial charge in [-0.1, -0.05) is 13.8 Å². The van der Waals surface area contributed by atoms with Crippen LogP contribution in [0.5, 0.6) is 11.5 Å². The van der Waals surface area contributed by atoms with E-state index in [0.717, 1.165) is 12.5 Å². The van der Waals surface area contributed by atoms with E-state index in [0.29, 0.717) is 24.9 Å². The lowest BCUT2D eigenvalue weighted by atomic mass is 9.92. The Hall–Kier alpha value is -2.84. The first-order valence-corrected chi connectivity index (χ1v) is 8.88. The standard InChI is InChI=1S/C18H22N2O7/c1-11-5-12(2)9-19(8-11)17(21)10-27-18(22)13-6-15-16(26-4-3-25-15)7-14(13)20(23)24/h6-7,11-12H,3-5,8-10H2,1-2H3/t11-,12-/m0/s1. The zero-order valence-electron chi connectivity index (χ0n) is 15.3. The minimum Gasteiger partial charge on any atom is -0.486 e. The maximum absolute atomic E-state index is 12.4. The fourth-order valence-electron chi connectivity index (χ4n) is 3.56. The van der Waals surface area contributed by atoms with Crippen molar-refractivity contribution in [1.82, 2.24) is 4.90 Å². The SMILES string of the molecule is C[C@H]1C[C@H](C)CN(C(=O)COC(=O)c2cc3c(cc2[N+](=O)[O-])OCCO3)C1. The summed E-state index contributed by atoms with van der Waals surface area (Å²) in [6, 6.07) is 2.37. The van der Waals surface area contributed by atoms with Gasteiger partial charge in [-0.05, 0) is 18.3 Å². The summed E-state index contributed by atoms with van der Waals surface area (Å²) in [6.07, 6.45) is 1.05. The molecule has 1 aromatic carbocycles. The van der Waals surface area contributed by atoms with Crippen LogP contribution in [0.15, 0.2) is 12.1 Å². The third-order valence-electron chi connectivity index (χ3n) is 4.63. The molecule has 0 saturated carbocycles. The third kappa shape index (κ3) is 4.29. The first-order valence-electron chi connectivity index (χ1n) is 8.88. The van der Waals surface area contributed by atoms with Gasteiger partial charge in [-0.3, -0.25) is 14.9 Å². The van der Waals surface area contributed by atoms with Crippen LogP contribution in [0.3, 0.4) is 0 Å². The number of nitrogens with zero attached hydrogens (tertiary/aromatic N) is 2. The number of nitro groups is 1. The Kier molecular flexibility index (Phi) is 5.48. The molecule has 1 fully saturated rings. The maximum Gasteiger partial charge on any atom is 0.345 e. The number of piperidine rings is 1. The van der Waals surface area contributed by atoms with E-state index < -0.39 is 23.2 Å². The second kappa shape index (κ2) is 7.81. The van der Waals surface area contributed by atoms with Crippen molar-refractivity contribution in [3.05, 3.63) is 27.8 Å². The molecular formula is C18H22N2O7. The number of hydrogen-bond donors (Lipinski definition) is 0. The molecule has 146 valence electrons. The van der Waals surface area contributed by atoms with E-state index in [1.165, 1.54) is 6.07 Å². The second-order valence-corrected chi connectivity index (χ2v) is 7.09. The summed E-state index contributed by atoms with van der Waals surface area (Å²) in [6.45, 7) is 5.47. The molecule has 0 spiro atoms. The van der Waals surface area contributed by atoms with Gasteiger partial charge in [-0.2, -0.15) is 0 Å². The molecule has 0 aliphatic carbocycles. The minimum atomic E-state index is -0.940. The Morgan fingerprint density at radius 3 is 2.37 bits per heavy atom. The van der Waals surface area contributed by atoms with Crippen LogP contribution in [-0.2, 0) is 9.53 Å². The lowest BCUT2D eigenvalue weighted by Crippen LogP contribution is -2.44. The van der Waals surface area contributed by atoms with Gasteiger partial charge in [0.05, 0.1) is 11.0 Å². The number of rotatable bonds is 4. The Morgan fingerprint density at radius 1 is 1.19 bits per heavy atom. The van der Waals surface area contributed by atoms with E-state index in [-0.39, 0.29) is 36.2 Å². The van der Waals surface area contributed by atoms with E-state index in [1.54, 1.807) is 4.90 Å². The normalized spacial score (nSPS) is 21.5. The van der Waals surface area contributed by atoms with E-state index >= 15 is 0 Å². The van der Waals surface area contributed by atoms with Gasteiger partial charge < -0.3 is 19.1 Å². The molecule has 9 heteroatoms. The number of benzene rings is 1. The number of fused-ring (bicyclic) bond motifs is 1.